The fourth-order valence-corrected chi connectivity index (χ4v) is 2.40. The number of rotatable bonds is 2. The number of halogens is 3. The van der Waals surface area contributed by atoms with Crippen molar-refractivity contribution >= 4 is 0 Å². The van der Waals surface area contributed by atoms with Gasteiger partial charge in [0, 0.05) is 19.5 Å². The summed E-state index contributed by atoms with van der Waals surface area (Å²) in [6, 6.07) is 5.07. The van der Waals surface area contributed by atoms with Crippen LogP contribution in [0.5, 0.6) is 0 Å². The highest BCUT2D eigenvalue weighted by Gasteiger charge is 2.32. The molecule has 0 saturated carbocycles. The first-order valence-electron chi connectivity index (χ1n) is 6.36. The number of hydrogen-bond acceptors (Lipinski definition) is 2. The Bertz CT molecular complexity index is 419. The molecule has 0 unspecified atom stereocenters. The number of likely N-dealkylation sites (tertiary alicyclic amines) is 1. The monoisotopic (exact) mass is 273 g/mol. The van der Waals surface area contributed by atoms with Crippen molar-refractivity contribution in [2.24, 2.45) is 0 Å². The number of hydrogen-bond donors (Lipinski definition) is 1. The van der Waals surface area contributed by atoms with Crippen molar-refractivity contribution in [2.75, 3.05) is 20.1 Å². The number of benzene rings is 1. The first-order valence-corrected chi connectivity index (χ1v) is 6.36. The van der Waals surface area contributed by atoms with Gasteiger partial charge in [0.05, 0.1) is 11.2 Å². The van der Waals surface area contributed by atoms with E-state index in [1.807, 2.05) is 7.05 Å². The van der Waals surface area contributed by atoms with Crippen LogP contribution in [0.3, 0.4) is 0 Å². The van der Waals surface area contributed by atoms with E-state index in [0.717, 1.165) is 30.8 Å². The zero-order valence-electron chi connectivity index (χ0n) is 10.9. The van der Waals surface area contributed by atoms with Gasteiger partial charge in [-0.25, -0.2) is 0 Å². The van der Waals surface area contributed by atoms with Gasteiger partial charge in [0.15, 0.2) is 0 Å². The molecule has 1 aliphatic rings. The predicted molar refractivity (Wildman–Crippen MR) is 66.8 cm³/mol. The summed E-state index contributed by atoms with van der Waals surface area (Å²) < 4.78 is 37.3. The smallest absolute Gasteiger partial charge is 0.389 e. The van der Waals surface area contributed by atoms with Gasteiger partial charge in [0.1, 0.15) is 0 Å². The van der Waals surface area contributed by atoms with Crippen molar-refractivity contribution < 1.29 is 18.3 Å². The van der Waals surface area contributed by atoms with Gasteiger partial charge in [0.25, 0.3) is 0 Å². The van der Waals surface area contributed by atoms with E-state index in [0.29, 0.717) is 19.3 Å². The second-order valence-corrected chi connectivity index (χ2v) is 5.40. The molecule has 106 valence electrons. The highest BCUT2D eigenvalue weighted by atomic mass is 19.4. The van der Waals surface area contributed by atoms with Gasteiger partial charge in [0.2, 0.25) is 0 Å². The molecule has 0 radical (unpaired) electrons. The minimum absolute atomic E-state index is 0.416. The van der Waals surface area contributed by atoms with Gasteiger partial charge in [-0.1, -0.05) is 12.1 Å². The lowest BCUT2D eigenvalue weighted by Gasteiger charge is -2.36. The minimum Gasteiger partial charge on any atom is -0.389 e. The molecule has 0 bridgehead atoms. The quantitative estimate of drug-likeness (QED) is 0.895. The van der Waals surface area contributed by atoms with Gasteiger partial charge >= 0.3 is 6.18 Å². The van der Waals surface area contributed by atoms with Crippen molar-refractivity contribution in [3.63, 3.8) is 0 Å². The van der Waals surface area contributed by atoms with Gasteiger partial charge in [-0.15, -0.1) is 0 Å². The number of nitrogens with zero attached hydrogens (tertiary/aromatic N) is 1. The lowest BCUT2D eigenvalue weighted by atomic mass is 9.85. The van der Waals surface area contributed by atoms with Crippen LogP contribution in [0.1, 0.15) is 24.0 Å². The summed E-state index contributed by atoms with van der Waals surface area (Å²) in [5.41, 5.74) is -0.682. The van der Waals surface area contributed by atoms with E-state index in [2.05, 4.69) is 4.90 Å². The van der Waals surface area contributed by atoms with Crippen molar-refractivity contribution in [1.82, 2.24) is 4.90 Å². The number of alkyl halides is 3. The van der Waals surface area contributed by atoms with Crippen LogP contribution in [-0.4, -0.2) is 35.7 Å². The van der Waals surface area contributed by atoms with Crippen molar-refractivity contribution in [3.05, 3.63) is 35.4 Å². The Labute approximate surface area is 110 Å². The predicted octanol–water partition coefficient (Wildman–Crippen LogP) is 2.70. The Balaban J connectivity index is 2.03. The maximum atomic E-state index is 12.4. The Morgan fingerprint density at radius 3 is 2.16 bits per heavy atom. The van der Waals surface area contributed by atoms with Crippen LogP contribution >= 0.6 is 0 Å². The molecule has 0 aliphatic carbocycles. The van der Waals surface area contributed by atoms with Gasteiger partial charge in [-0.3, -0.25) is 0 Å². The molecule has 0 aromatic heterocycles. The van der Waals surface area contributed by atoms with Crippen LogP contribution in [0.4, 0.5) is 13.2 Å². The molecule has 1 aliphatic heterocycles. The summed E-state index contributed by atoms with van der Waals surface area (Å²) >= 11 is 0. The Kier molecular flexibility index (Phi) is 3.87. The molecule has 1 fully saturated rings. The molecule has 0 atom stereocenters. The summed E-state index contributed by atoms with van der Waals surface area (Å²) in [6.07, 6.45) is -2.57. The zero-order valence-corrected chi connectivity index (χ0v) is 10.9. The molecule has 1 aromatic carbocycles. The largest absolute Gasteiger partial charge is 0.416 e. The molecule has 5 heteroatoms. The molecule has 1 heterocycles. The third-order valence-electron chi connectivity index (χ3n) is 3.73. The molecular weight excluding hydrogens is 255 g/mol. The molecule has 1 aromatic rings. The second kappa shape index (κ2) is 5.13. The molecule has 2 nitrogen and oxygen atoms in total. The second-order valence-electron chi connectivity index (χ2n) is 5.40. The molecule has 1 saturated heterocycles. The van der Waals surface area contributed by atoms with Crippen LogP contribution < -0.4 is 0 Å². The van der Waals surface area contributed by atoms with E-state index >= 15 is 0 Å². The average molecular weight is 273 g/mol. The summed E-state index contributed by atoms with van der Waals surface area (Å²) in [5, 5.41) is 10.4. The summed E-state index contributed by atoms with van der Waals surface area (Å²) in [4.78, 5) is 2.14. The van der Waals surface area contributed by atoms with E-state index in [-0.39, 0.29) is 0 Å². The molecular formula is C14H18F3NO. The topological polar surface area (TPSA) is 23.5 Å². The van der Waals surface area contributed by atoms with Gasteiger partial charge in [-0.2, -0.15) is 13.2 Å². The van der Waals surface area contributed by atoms with E-state index in [4.69, 9.17) is 0 Å². The van der Waals surface area contributed by atoms with E-state index in [1.165, 1.54) is 12.1 Å². The fraction of sp³-hybridized carbons (Fsp3) is 0.571. The van der Waals surface area contributed by atoms with E-state index in [1.54, 1.807) is 0 Å². The Morgan fingerprint density at radius 1 is 1.16 bits per heavy atom. The molecule has 0 spiro atoms. The van der Waals surface area contributed by atoms with Crippen LogP contribution in [0.15, 0.2) is 24.3 Å². The lowest BCUT2D eigenvalue weighted by molar-refractivity contribution is -0.137. The fourth-order valence-electron chi connectivity index (χ4n) is 2.40. The van der Waals surface area contributed by atoms with Crippen molar-refractivity contribution in [1.29, 1.82) is 0 Å². The maximum Gasteiger partial charge on any atom is 0.416 e. The van der Waals surface area contributed by atoms with E-state index < -0.39 is 17.3 Å². The van der Waals surface area contributed by atoms with E-state index in [9.17, 15) is 18.3 Å². The molecule has 2 rings (SSSR count). The number of piperidine rings is 1. The van der Waals surface area contributed by atoms with Crippen LogP contribution in [-0.2, 0) is 12.6 Å². The van der Waals surface area contributed by atoms with Crippen LogP contribution in [0.25, 0.3) is 0 Å². The SMILES string of the molecule is CN1CCC(O)(Cc2ccc(C(F)(F)F)cc2)CC1. The van der Waals surface area contributed by atoms with Crippen LogP contribution in [0, 0.1) is 0 Å². The standard InChI is InChI=1S/C14H18F3NO/c1-18-8-6-13(19,7-9-18)10-11-2-4-12(5-3-11)14(15,16)17/h2-5,19H,6-10H2,1H3. The summed E-state index contributed by atoms with van der Waals surface area (Å²) in [6.45, 7) is 1.63. The highest BCUT2D eigenvalue weighted by Crippen LogP contribution is 2.30. The highest BCUT2D eigenvalue weighted by molar-refractivity contribution is 5.25. The minimum atomic E-state index is -4.30. The normalized spacial score (nSPS) is 20.5. The summed E-state index contributed by atoms with van der Waals surface area (Å²) in [5.74, 6) is 0. The van der Waals surface area contributed by atoms with Gasteiger partial charge < -0.3 is 10.0 Å². The van der Waals surface area contributed by atoms with Gasteiger partial charge in [-0.05, 0) is 37.6 Å². The molecule has 19 heavy (non-hydrogen) atoms. The summed E-state index contributed by atoms with van der Waals surface area (Å²) in [7, 11) is 2.00. The zero-order chi connectivity index (χ0) is 14.1. The molecule has 0 amide bonds. The maximum absolute atomic E-state index is 12.4. The third kappa shape index (κ3) is 3.70. The van der Waals surface area contributed by atoms with Crippen LogP contribution in [0.2, 0.25) is 0 Å². The average Bonchev–Trinajstić information content (AvgIpc) is 2.33. The first-order chi connectivity index (χ1) is 8.78. The third-order valence-corrected chi connectivity index (χ3v) is 3.73. The Morgan fingerprint density at radius 2 is 1.68 bits per heavy atom. The first kappa shape index (κ1) is 14.3. The number of aliphatic hydroxyl groups is 1. The lowest BCUT2D eigenvalue weighted by Crippen LogP contribution is -2.44. The Hall–Kier alpha value is -1.07. The van der Waals surface area contributed by atoms with Crippen molar-refractivity contribution in [3.8, 4) is 0 Å². The molecule has 1 N–H and O–H groups in total. The van der Waals surface area contributed by atoms with Crippen molar-refractivity contribution in [2.45, 2.75) is 31.0 Å².